The summed E-state index contributed by atoms with van der Waals surface area (Å²) in [6.45, 7) is 0. The molecule has 0 aromatic heterocycles. The lowest BCUT2D eigenvalue weighted by Crippen LogP contribution is -2.15. The number of rotatable bonds is 4. The van der Waals surface area contributed by atoms with E-state index in [4.69, 9.17) is 15.6 Å². The van der Waals surface area contributed by atoms with E-state index in [0.717, 1.165) is 4.47 Å². The molecule has 6 nitrogen and oxygen atoms in total. The molecule has 21 heavy (non-hydrogen) atoms. The van der Waals surface area contributed by atoms with Gasteiger partial charge >= 0.3 is 0 Å². The minimum atomic E-state index is -3.88. The number of para-hydroxylation sites is 1. The number of nitrogens with one attached hydrogen (secondary N) is 1. The van der Waals surface area contributed by atoms with E-state index in [2.05, 4.69) is 21.2 Å². The molecule has 0 amide bonds. The molecule has 112 valence electrons. The van der Waals surface area contributed by atoms with Crippen molar-refractivity contribution in [2.24, 2.45) is 5.14 Å². The highest BCUT2D eigenvalue weighted by molar-refractivity contribution is 9.10. The molecule has 0 spiro atoms. The number of anilines is 3. The summed E-state index contributed by atoms with van der Waals surface area (Å²) in [4.78, 5) is -0.124. The average Bonchev–Trinajstić information content (AvgIpc) is 2.40. The molecule has 2 aromatic rings. The molecule has 2 rings (SSSR count). The Morgan fingerprint density at radius 2 is 1.90 bits per heavy atom. The van der Waals surface area contributed by atoms with Crippen molar-refractivity contribution >= 4 is 43.0 Å². The minimum Gasteiger partial charge on any atom is -0.495 e. The first-order valence-corrected chi connectivity index (χ1v) is 8.18. The van der Waals surface area contributed by atoms with Crippen LogP contribution in [0.5, 0.6) is 5.75 Å². The van der Waals surface area contributed by atoms with Gasteiger partial charge in [-0.1, -0.05) is 22.0 Å². The number of halogens is 1. The predicted octanol–water partition coefficient (Wildman–Crippen LogP) is 2.43. The van der Waals surface area contributed by atoms with Crippen LogP contribution in [0, 0.1) is 0 Å². The molecule has 0 aliphatic heterocycles. The van der Waals surface area contributed by atoms with E-state index in [0.29, 0.717) is 17.1 Å². The summed E-state index contributed by atoms with van der Waals surface area (Å²) in [5.41, 5.74) is 7.00. The number of hydrogen-bond acceptors (Lipinski definition) is 5. The lowest BCUT2D eigenvalue weighted by molar-refractivity contribution is 0.417. The van der Waals surface area contributed by atoms with Crippen molar-refractivity contribution in [2.45, 2.75) is 4.90 Å². The maximum Gasteiger partial charge on any atom is 0.240 e. The molecule has 0 atom stereocenters. The summed E-state index contributed by atoms with van der Waals surface area (Å²) >= 11 is 3.36. The Balaban J connectivity index is 2.48. The third-order valence-corrected chi connectivity index (χ3v) is 4.27. The molecule has 0 unspecified atom stereocenters. The molecular formula is C13H14BrN3O3S. The zero-order chi connectivity index (χ0) is 15.6. The van der Waals surface area contributed by atoms with Gasteiger partial charge in [-0.05, 0) is 30.3 Å². The zero-order valence-corrected chi connectivity index (χ0v) is 13.5. The lowest BCUT2D eigenvalue weighted by atomic mass is 10.2. The largest absolute Gasteiger partial charge is 0.495 e. The maximum absolute atomic E-state index is 11.5. The monoisotopic (exact) mass is 371 g/mol. The Labute approximate surface area is 131 Å². The van der Waals surface area contributed by atoms with Gasteiger partial charge in [0.1, 0.15) is 10.6 Å². The molecule has 8 heteroatoms. The number of nitrogen functional groups attached to an aromatic ring is 1. The molecule has 5 N–H and O–H groups in total. The van der Waals surface area contributed by atoms with Crippen LogP contribution in [0.3, 0.4) is 0 Å². The molecule has 0 fully saturated rings. The number of methoxy groups -OCH3 is 1. The zero-order valence-electron chi connectivity index (χ0n) is 11.1. The van der Waals surface area contributed by atoms with Gasteiger partial charge in [-0.15, -0.1) is 0 Å². The van der Waals surface area contributed by atoms with Crippen LogP contribution in [0.2, 0.25) is 0 Å². The Morgan fingerprint density at radius 3 is 2.52 bits per heavy atom. The Bertz CT molecular complexity index is 778. The third-order valence-electron chi connectivity index (χ3n) is 2.80. The van der Waals surface area contributed by atoms with Crippen molar-refractivity contribution in [3.63, 3.8) is 0 Å². The molecule has 0 aliphatic rings. The molecule has 0 aliphatic carbocycles. The van der Waals surface area contributed by atoms with Crippen molar-refractivity contribution < 1.29 is 13.2 Å². The van der Waals surface area contributed by atoms with E-state index in [1.165, 1.54) is 6.07 Å². The number of primary sulfonamides is 1. The predicted molar refractivity (Wildman–Crippen MR) is 86.2 cm³/mol. The lowest BCUT2D eigenvalue weighted by Gasteiger charge is -2.14. The number of benzene rings is 2. The summed E-state index contributed by atoms with van der Waals surface area (Å²) in [7, 11) is -2.34. The second kappa shape index (κ2) is 5.92. The van der Waals surface area contributed by atoms with E-state index in [-0.39, 0.29) is 10.6 Å². The number of nitrogens with two attached hydrogens (primary N) is 2. The normalized spacial score (nSPS) is 11.2. The summed E-state index contributed by atoms with van der Waals surface area (Å²) in [6, 6.07) is 9.96. The first kappa shape index (κ1) is 15.6. The van der Waals surface area contributed by atoms with Crippen LogP contribution >= 0.6 is 15.9 Å². The van der Waals surface area contributed by atoms with Crippen molar-refractivity contribution in [3.05, 3.63) is 40.9 Å². The standard InChI is InChI=1S/C13H14BrN3O3S/c1-20-11-6-5-8(14)7-10(11)17-9-3-2-4-12(13(9)15)21(16,18)19/h2-7,17H,15H2,1H3,(H2,16,18,19). The van der Waals surface area contributed by atoms with Gasteiger partial charge in [0.15, 0.2) is 0 Å². The van der Waals surface area contributed by atoms with E-state index in [9.17, 15) is 8.42 Å². The third kappa shape index (κ3) is 3.46. The summed E-state index contributed by atoms with van der Waals surface area (Å²) < 4.78 is 29.0. The van der Waals surface area contributed by atoms with Crippen LogP contribution in [0.4, 0.5) is 17.1 Å². The van der Waals surface area contributed by atoms with Crippen LogP contribution < -0.4 is 20.9 Å². The number of ether oxygens (including phenoxy) is 1. The van der Waals surface area contributed by atoms with E-state index >= 15 is 0 Å². The van der Waals surface area contributed by atoms with Crippen LogP contribution in [0.1, 0.15) is 0 Å². The molecule has 0 saturated heterocycles. The smallest absolute Gasteiger partial charge is 0.240 e. The van der Waals surface area contributed by atoms with E-state index in [1.807, 2.05) is 6.07 Å². The van der Waals surface area contributed by atoms with Gasteiger partial charge in [0, 0.05) is 4.47 Å². The average molecular weight is 372 g/mol. The first-order chi connectivity index (χ1) is 9.82. The summed E-state index contributed by atoms with van der Waals surface area (Å²) in [5.74, 6) is 0.596. The molecule has 0 radical (unpaired) electrons. The topological polar surface area (TPSA) is 107 Å². The summed E-state index contributed by atoms with van der Waals surface area (Å²) in [6.07, 6.45) is 0. The second-order valence-corrected chi connectivity index (χ2v) is 6.68. The minimum absolute atomic E-state index is 0.0574. The fourth-order valence-electron chi connectivity index (χ4n) is 1.82. The molecule has 0 heterocycles. The van der Waals surface area contributed by atoms with Gasteiger partial charge in [0.2, 0.25) is 10.0 Å². The quantitative estimate of drug-likeness (QED) is 0.715. The van der Waals surface area contributed by atoms with Crippen molar-refractivity contribution in [1.82, 2.24) is 0 Å². The van der Waals surface area contributed by atoms with Gasteiger partial charge in [-0.2, -0.15) is 0 Å². The SMILES string of the molecule is COc1ccc(Br)cc1Nc1cccc(S(N)(=O)=O)c1N. The summed E-state index contributed by atoms with van der Waals surface area (Å²) in [5, 5.41) is 8.18. The number of hydrogen-bond donors (Lipinski definition) is 3. The second-order valence-electron chi connectivity index (χ2n) is 4.23. The highest BCUT2D eigenvalue weighted by Gasteiger charge is 2.15. The molecule has 0 saturated carbocycles. The van der Waals surface area contributed by atoms with E-state index in [1.54, 1.807) is 31.4 Å². The van der Waals surface area contributed by atoms with E-state index < -0.39 is 10.0 Å². The van der Waals surface area contributed by atoms with Crippen LogP contribution in [0.25, 0.3) is 0 Å². The van der Waals surface area contributed by atoms with Crippen LogP contribution in [-0.4, -0.2) is 15.5 Å². The van der Waals surface area contributed by atoms with Gasteiger partial charge in [-0.3, -0.25) is 0 Å². The van der Waals surface area contributed by atoms with Gasteiger partial charge < -0.3 is 15.8 Å². The van der Waals surface area contributed by atoms with Crippen LogP contribution in [0.15, 0.2) is 45.8 Å². The van der Waals surface area contributed by atoms with Gasteiger partial charge in [0.05, 0.1) is 24.2 Å². The van der Waals surface area contributed by atoms with Gasteiger partial charge in [0.25, 0.3) is 0 Å². The van der Waals surface area contributed by atoms with Crippen molar-refractivity contribution in [3.8, 4) is 5.75 Å². The maximum atomic E-state index is 11.5. The fourth-order valence-corrected chi connectivity index (χ4v) is 2.87. The van der Waals surface area contributed by atoms with Crippen LogP contribution in [-0.2, 0) is 10.0 Å². The Hall–Kier alpha value is -1.77. The Morgan fingerprint density at radius 1 is 1.19 bits per heavy atom. The van der Waals surface area contributed by atoms with Gasteiger partial charge in [-0.25, -0.2) is 13.6 Å². The fraction of sp³-hybridized carbons (Fsp3) is 0.0769. The van der Waals surface area contributed by atoms with Crippen molar-refractivity contribution in [1.29, 1.82) is 0 Å². The highest BCUT2D eigenvalue weighted by atomic mass is 79.9. The molecule has 0 bridgehead atoms. The molecule has 2 aromatic carbocycles. The first-order valence-electron chi connectivity index (χ1n) is 5.85. The number of sulfonamides is 1. The molecular weight excluding hydrogens is 358 g/mol. The highest BCUT2D eigenvalue weighted by Crippen LogP contribution is 2.34. The van der Waals surface area contributed by atoms with Crippen molar-refractivity contribution in [2.75, 3.05) is 18.2 Å². The Kier molecular flexibility index (Phi) is 4.40.